The zero-order chi connectivity index (χ0) is 14.6. The van der Waals surface area contributed by atoms with E-state index in [9.17, 15) is 14.7 Å². The number of hydrogen-bond acceptors (Lipinski definition) is 3. The summed E-state index contributed by atoms with van der Waals surface area (Å²) in [6.07, 6.45) is 0. The zero-order valence-electron chi connectivity index (χ0n) is 11.6. The molecule has 0 fully saturated rings. The normalized spacial score (nSPS) is 10.9. The molecule has 1 aromatic rings. The molecular weight excluding hydrogens is 246 g/mol. The van der Waals surface area contributed by atoms with Gasteiger partial charge in [-0.2, -0.15) is 0 Å². The SMILES string of the molecule is CCN(C(=O)c1cccc(OC)c1)C(C)(C)C(=O)O. The summed E-state index contributed by atoms with van der Waals surface area (Å²) >= 11 is 0. The van der Waals surface area contributed by atoms with Crippen LogP contribution in [-0.4, -0.2) is 41.1 Å². The number of rotatable bonds is 5. The molecule has 104 valence electrons. The molecule has 0 bridgehead atoms. The van der Waals surface area contributed by atoms with Crippen LogP contribution in [0.1, 0.15) is 31.1 Å². The van der Waals surface area contributed by atoms with Crippen LogP contribution in [-0.2, 0) is 4.79 Å². The van der Waals surface area contributed by atoms with Crippen molar-refractivity contribution in [1.29, 1.82) is 0 Å². The lowest BCUT2D eigenvalue weighted by Crippen LogP contribution is -2.52. The van der Waals surface area contributed by atoms with Crippen LogP contribution in [0.15, 0.2) is 24.3 Å². The van der Waals surface area contributed by atoms with Crippen LogP contribution < -0.4 is 4.74 Å². The van der Waals surface area contributed by atoms with Gasteiger partial charge in [-0.1, -0.05) is 6.07 Å². The van der Waals surface area contributed by atoms with Gasteiger partial charge in [0.05, 0.1) is 7.11 Å². The standard InChI is InChI=1S/C14H19NO4/c1-5-15(14(2,3)13(17)18)12(16)10-7-6-8-11(9-10)19-4/h6-9H,5H2,1-4H3,(H,17,18). The predicted octanol–water partition coefficient (Wildman–Crippen LogP) is 2.02. The summed E-state index contributed by atoms with van der Waals surface area (Å²) in [5.74, 6) is -0.797. The molecule has 0 saturated carbocycles. The van der Waals surface area contributed by atoms with Gasteiger partial charge in [-0.3, -0.25) is 4.79 Å². The molecule has 0 aliphatic heterocycles. The van der Waals surface area contributed by atoms with E-state index in [-0.39, 0.29) is 5.91 Å². The Kier molecular flexibility index (Phi) is 4.53. The number of carboxylic acid groups (broad SMARTS) is 1. The molecule has 1 aromatic carbocycles. The second kappa shape index (κ2) is 5.73. The fraction of sp³-hybridized carbons (Fsp3) is 0.429. The fourth-order valence-corrected chi connectivity index (χ4v) is 1.82. The van der Waals surface area contributed by atoms with Gasteiger partial charge in [0.1, 0.15) is 11.3 Å². The number of benzene rings is 1. The third-order valence-corrected chi connectivity index (χ3v) is 3.08. The molecule has 1 rings (SSSR count). The van der Waals surface area contributed by atoms with E-state index in [0.29, 0.717) is 17.9 Å². The van der Waals surface area contributed by atoms with Gasteiger partial charge in [-0.05, 0) is 39.0 Å². The Morgan fingerprint density at radius 1 is 1.37 bits per heavy atom. The quantitative estimate of drug-likeness (QED) is 0.884. The Morgan fingerprint density at radius 3 is 2.47 bits per heavy atom. The van der Waals surface area contributed by atoms with E-state index in [1.807, 2.05) is 0 Å². The smallest absolute Gasteiger partial charge is 0.329 e. The Hall–Kier alpha value is -2.04. The number of aliphatic carboxylic acids is 1. The summed E-state index contributed by atoms with van der Waals surface area (Å²) in [4.78, 5) is 25.0. The molecule has 5 nitrogen and oxygen atoms in total. The van der Waals surface area contributed by atoms with Crippen molar-refractivity contribution < 1.29 is 19.4 Å². The molecule has 0 unspecified atom stereocenters. The Morgan fingerprint density at radius 2 is 2.00 bits per heavy atom. The van der Waals surface area contributed by atoms with Crippen LogP contribution in [0.2, 0.25) is 0 Å². The number of ether oxygens (including phenoxy) is 1. The van der Waals surface area contributed by atoms with Gasteiger partial charge in [0.2, 0.25) is 0 Å². The average molecular weight is 265 g/mol. The molecule has 0 aromatic heterocycles. The van der Waals surface area contributed by atoms with Crippen molar-refractivity contribution >= 4 is 11.9 Å². The first-order chi connectivity index (χ1) is 8.84. The number of likely N-dealkylation sites (N-methyl/N-ethyl adjacent to an activating group) is 1. The molecule has 1 amide bonds. The highest BCUT2D eigenvalue weighted by atomic mass is 16.5. The van der Waals surface area contributed by atoms with E-state index in [1.165, 1.54) is 25.9 Å². The Bertz CT molecular complexity index is 482. The molecule has 0 aliphatic carbocycles. The molecule has 0 radical (unpaired) electrons. The number of carbonyl (C=O) groups excluding carboxylic acids is 1. The summed E-state index contributed by atoms with van der Waals surface area (Å²) in [6, 6.07) is 6.68. The van der Waals surface area contributed by atoms with Crippen LogP contribution in [0.4, 0.5) is 0 Å². The van der Waals surface area contributed by atoms with Crippen molar-refractivity contribution in [2.45, 2.75) is 26.3 Å². The van der Waals surface area contributed by atoms with Gasteiger partial charge in [0.25, 0.3) is 5.91 Å². The minimum atomic E-state index is -1.26. The van der Waals surface area contributed by atoms with Crippen molar-refractivity contribution in [2.24, 2.45) is 0 Å². The van der Waals surface area contributed by atoms with E-state index in [4.69, 9.17) is 4.74 Å². The van der Waals surface area contributed by atoms with Crippen LogP contribution in [0.3, 0.4) is 0 Å². The lowest BCUT2D eigenvalue weighted by atomic mass is 10.0. The number of nitrogens with zero attached hydrogens (tertiary/aromatic N) is 1. The van der Waals surface area contributed by atoms with E-state index in [1.54, 1.807) is 31.2 Å². The van der Waals surface area contributed by atoms with Crippen molar-refractivity contribution in [3.63, 3.8) is 0 Å². The first-order valence-corrected chi connectivity index (χ1v) is 6.04. The van der Waals surface area contributed by atoms with Gasteiger partial charge in [0, 0.05) is 12.1 Å². The highest BCUT2D eigenvalue weighted by Gasteiger charge is 2.37. The lowest BCUT2D eigenvalue weighted by molar-refractivity contribution is -0.147. The minimum absolute atomic E-state index is 0.315. The fourth-order valence-electron chi connectivity index (χ4n) is 1.82. The monoisotopic (exact) mass is 265 g/mol. The number of amides is 1. The van der Waals surface area contributed by atoms with Gasteiger partial charge in [-0.25, -0.2) is 4.79 Å². The van der Waals surface area contributed by atoms with Crippen LogP contribution >= 0.6 is 0 Å². The van der Waals surface area contributed by atoms with Crippen molar-refractivity contribution in [3.05, 3.63) is 29.8 Å². The van der Waals surface area contributed by atoms with Gasteiger partial charge in [-0.15, -0.1) is 0 Å². The molecule has 1 N–H and O–H groups in total. The Balaban J connectivity index is 3.11. The minimum Gasteiger partial charge on any atom is -0.497 e. The maximum Gasteiger partial charge on any atom is 0.329 e. The second-order valence-electron chi connectivity index (χ2n) is 4.65. The molecule has 19 heavy (non-hydrogen) atoms. The first kappa shape index (κ1) is 15.0. The summed E-state index contributed by atoms with van der Waals surface area (Å²) < 4.78 is 5.06. The van der Waals surface area contributed by atoms with Crippen molar-refractivity contribution in [1.82, 2.24) is 4.90 Å². The van der Waals surface area contributed by atoms with Crippen LogP contribution in [0.25, 0.3) is 0 Å². The number of hydrogen-bond donors (Lipinski definition) is 1. The van der Waals surface area contributed by atoms with Crippen molar-refractivity contribution in [2.75, 3.05) is 13.7 Å². The molecule has 0 aliphatic rings. The van der Waals surface area contributed by atoms with Gasteiger partial charge >= 0.3 is 5.97 Å². The van der Waals surface area contributed by atoms with E-state index in [0.717, 1.165) is 0 Å². The molecular formula is C14H19NO4. The maximum atomic E-state index is 12.4. The predicted molar refractivity (Wildman–Crippen MR) is 71.4 cm³/mol. The second-order valence-corrected chi connectivity index (χ2v) is 4.65. The summed E-state index contributed by atoms with van der Waals surface area (Å²) in [7, 11) is 1.52. The lowest BCUT2D eigenvalue weighted by Gasteiger charge is -2.34. The van der Waals surface area contributed by atoms with E-state index in [2.05, 4.69) is 0 Å². The number of methoxy groups -OCH3 is 1. The molecule has 0 atom stereocenters. The molecule has 0 heterocycles. The summed E-state index contributed by atoms with van der Waals surface area (Å²) in [5.41, 5.74) is -0.843. The molecule has 0 saturated heterocycles. The Labute approximate surface area is 112 Å². The third-order valence-electron chi connectivity index (χ3n) is 3.08. The summed E-state index contributed by atoms with van der Waals surface area (Å²) in [5, 5.41) is 9.22. The average Bonchev–Trinajstić information content (AvgIpc) is 2.39. The maximum absolute atomic E-state index is 12.4. The van der Waals surface area contributed by atoms with Gasteiger partial charge in [0.15, 0.2) is 0 Å². The zero-order valence-corrected chi connectivity index (χ0v) is 11.6. The number of carbonyl (C=O) groups is 2. The van der Waals surface area contributed by atoms with Gasteiger partial charge < -0.3 is 14.7 Å². The highest BCUT2D eigenvalue weighted by molar-refractivity contribution is 5.97. The highest BCUT2D eigenvalue weighted by Crippen LogP contribution is 2.20. The van der Waals surface area contributed by atoms with E-state index < -0.39 is 11.5 Å². The van der Waals surface area contributed by atoms with Crippen LogP contribution in [0, 0.1) is 0 Å². The van der Waals surface area contributed by atoms with Crippen molar-refractivity contribution in [3.8, 4) is 5.75 Å². The molecule has 0 spiro atoms. The topological polar surface area (TPSA) is 66.8 Å². The summed E-state index contributed by atoms with van der Waals surface area (Å²) in [6.45, 7) is 5.09. The third kappa shape index (κ3) is 3.05. The number of carboxylic acids is 1. The first-order valence-electron chi connectivity index (χ1n) is 6.04. The molecule has 5 heteroatoms. The van der Waals surface area contributed by atoms with Crippen LogP contribution in [0.5, 0.6) is 5.75 Å². The van der Waals surface area contributed by atoms with E-state index >= 15 is 0 Å². The largest absolute Gasteiger partial charge is 0.497 e.